The first-order valence-electron chi connectivity index (χ1n) is 36.7. The minimum atomic E-state index is -2.27. The van der Waals surface area contributed by atoms with Crippen LogP contribution in [0.5, 0.6) is 0 Å². The van der Waals surface area contributed by atoms with Crippen molar-refractivity contribution < 1.29 is 121 Å². The smallest absolute Gasteiger partial charge is 0.329 e. The molecule has 0 radical (unpaired) electrons. The number of H-pyrrole nitrogens is 1. The summed E-state index contributed by atoms with van der Waals surface area (Å²) in [4.78, 5) is 276. The van der Waals surface area contributed by atoms with Gasteiger partial charge in [-0.25, -0.2) is 4.79 Å². The maximum atomic E-state index is 14.9. The number of para-hydroxylation sites is 1. The van der Waals surface area contributed by atoms with Crippen molar-refractivity contribution in [3.8, 4) is 0 Å². The van der Waals surface area contributed by atoms with Crippen LogP contribution in [0.2, 0.25) is 0 Å². The van der Waals surface area contributed by atoms with Gasteiger partial charge in [0.25, 0.3) is 0 Å². The van der Waals surface area contributed by atoms with Gasteiger partial charge in [0, 0.05) is 43.4 Å². The lowest BCUT2D eigenvalue weighted by molar-refractivity contribution is -0.159. The number of hydrogen-bond donors (Lipinski definition) is 20. The number of nitrogens with one attached hydrogen (secondary N) is 13. The summed E-state index contributed by atoms with van der Waals surface area (Å²) in [5, 5.41) is 67.0. The number of esters is 1. The van der Waals surface area contributed by atoms with Crippen LogP contribution in [0.25, 0.3) is 10.9 Å². The van der Waals surface area contributed by atoms with E-state index in [1.54, 1.807) is 30.5 Å². The Labute approximate surface area is 649 Å². The molecule has 1 aliphatic rings. The molecular formula is C71H107N17O25. The summed E-state index contributed by atoms with van der Waals surface area (Å²) in [5.74, 6) is -28.7. The second-order valence-electron chi connectivity index (χ2n) is 28.3. The van der Waals surface area contributed by atoms with Crippen molar-refractivity contribution in [3.05, 3.63) is 36.0 Å². The highest BCUT2D eigenvalue weighted by Gasteiger charge is 2.42. The number of aromatic amines is 1. The number of carbonyl (C=O) groups excluding carboxylic acids is 16. The first-order valence-corrected chi connectivity index (χ1v) is 36.7. The Bertz CT molecular complexity index is 3770. The van der Waals surface area contributed by atoms with Crippen LogP contribution in [0, 0.1) is 17.8 Å². The third-order valence-electron chi connectivity index (χ3n) is 17.8. The molecule has 42 nitrogen and oxygen atoms in total. The molecule has 626 valence electrons. The van der Waals surface area contributed by atoms with Gasteiger partial charge in [0.2, 0.25) is 88.6 Å². The lowest BCUT2D eigenvalue weighted by atomic mass is 9.95. The molecule has 0 spiro atoms. The molecule has 0 bridgehead atoms. The third kappa shape index (κ3) is 34.1. The van der Waals surface area contributed by atoms with Crippen LogP contribution in [0.3, 0.4) is 0 Å². The fourth-order valence-electron chi connectivity index (χ4n) is 11.7. The van der Waals surface area contributed by atoms with E-state index >= 15 is 0 Å². The van der Waals surface area contributed by atoms with Gasteiger partial charge in [-0.1, -0.05) is 78.5 Å². The maximum Gasteiger partial charge on any atom is 0.329 e. The van der Waals surface area contributed by atoms with Crippen LogP contribution in [-0.4, -0.2) is 248 Å². The van der Waals surface area contributed by atoms with E-state index in [9.17, 15) is 116 Å². The average molecular weight is 1600 g/mol. The zero-order valence-corrected chi connectivity index (χ0v) is 64.2. The summed E-state index contributed by atoms with van der Waals surface area (Å²) in [7, 11) is 0.944. The second kappa shape index (κ2) is 47.4. The van der Waals surface area contributed by atoms with Gasteiger partial charge in [-0.3, -0.25) is 91.1 Å². The number of carboxylic acid groups (broad SMARTS) is 4. The molecule has 0 aliphatic carbocycles. The highest BCUT2D eigenvalue weighted by molar-refractivity contribution is 6.02. The molecule has 1 aliphatic heterocycles. The highest BCUT2D eigenvalue weighted by Crippen LogP contribution is 2.21. The predicted octanol–water partition coefficient (Wildman–Crippen LogP) is -4.96. The van der Waals surface area contributed by atoms with Gasteiger partial charge >= 0.3 is 29.8 Å². The Morgan fingerprint density at radius 2 is 1.13 bits per heavy atom. The minimum absolute atomic E-state index is 0.00380. The third-order valence-corrected chi connectivity index (χ3v) is 17.8. The van der Waals surface area contributed by atoms with E-state index in [0.717, 1.165) is 47.1 Å². The number of carbonyl (C=O) groups is 20. The molecule has 3 rings (SSSR count). The molecule has 1 fully saturated rings. The van der Waals surface area contributed by atoms with Gasteiger partial charge in [0.05, 0.1) is 45.2 Å². The number of aliphatic carboxylic acids is 4. The van der Waals surface area contributed by atoms with Crippen molar-refractivity contribution in [2.24, 2.45) is 35.0 Å². The van der Waals surface area contributed by atoms with E-state index in [-0.39, 0.29) is 38.6 Å². The molecule has 1 saturated heterocycles. The zero-order valence-electron chi connectivity index (χ0n) is 64.2. The molecule has 1 aromatic carbocycles. The SMILES string of the molecule is CC(C)CCCCCCC(=O)NC(Cc1c[nH]c2ccccc12)C(=O)NC(CCC(=O)O)C(=O)NC(CC(N)=O)C(=O)NC1C(=O)N(C)CC(=O)NC(C)C(=O)NC(CC(=O)O)C(=O)NC(CCCCN)C(=O)NC(CC(=O)O)C(=O)NCC(=O)NC(CC(N)=O)C(=O)NC(C(C)CC(=O)O)C(=O)NC(C(C)C)C(=O)OC1C. The van der Waals surface area contributed by atoms with Gasteiger partial charge in [0.15, 0.2) is 0 Å². The number of aromatic nitrogens is 1. The number of cyclic esters (lactones) is 1. The van der Waals surface area contributed by atoms with E-state index in [2.05, 4.69) is 77.3 Å². The van der Waals surface area contributed by atoms with Crippen molar-refractivity contribution >= 4 is 129 Å². The fourth-order valence-corrected chi connectivity index (χ4v) is 11.7. The maximum absolute atomic E-state index is 14.9. The van der Waals surface area contributed by atoms with Gasteiger partial charge in [-0.15, -0.1) is 0 Å². The van der Waals surface area contributed by atoms with Crippen LogP contribution in [-0.2, 0) is 107 Å². The van der Waals surface area contributed by atoms with Crippen molar-refractivity contribution in [2.45, 2.75) is 230 Å². The number of ether oxygens (including phenoxy) is 1. The number of fused-ring (bicyclic) bond motifs is 1. The van der Waals surface area contributed by atoms with Crippen LogP contribution >= 0.6 is 0 Å². The number of nitrogens with zero attached hydrogens (tertiary/aromatic N) is 1. The predicted molar refractivity (Wildman–Crippen MR) is 396 cm³/mol. The number of likely N-dealkylation sites (N-methyl/N-ethyl adjacent to an activating group) is 1. The number of amides is 15. The van der Waals surface area contributed by atoms with Gasteiger partial charge in [-0.05, 0) is 81.9 Å². The van der Waals surface area contributed by atoms with Crippen molar-refractivity contribution in [2.75, 3.05) is 26.7 Å². The fraction of sp³-hybridized carbons (Fsp3) is 0.606. The van der Waals surface area contributed by atoms with Gasteiger partial charge in [-0.2, -0.15) is 0 Å². The number of nitrogens with two attached hydrogens (primary N) is 3. The standard InChI is InChI=1S/C71H107N17O25/c1-34(2)17-11-9-10-12-21-51(91)78-44(26-39-31-75-41-19-14-13-18-40(39)41)65(106)81-43(22-23-54(94)95)64(105)83-46(28-50(74)90)68(109)87-60-38(7)113-71(112)58(35(3)4)85-69(110)59(36(5)25-55(96)97)86-67(108)45(27-49(73)89)79-52(92)32-76-62(103)47(29-56(98)99)84-63(104)42(20-15-16-24-72)80-66(107)48(30-57(100)101)82-61(102)37(6)77-53(93)33-88(8)70(60)111/h13-14,18-19,31,34-38,42-48,58-60,75H,9-12,15-17,20-30,32-33,72H2,1-8H3,(H2,73,89)(H2,74,90)(H,76,103)(H,77,93)(H,78,91)(H,79,92)(H,80,107)(H,81,106)(H,82,102)(H,83,105)(H,84,104)(H,85,110)(H,86,108)(H,87,109)(H,94,95)(H,96,97)(H,98,99)(H,100,101). The molecule has 15 amide bonds. The lowest BCUT2D eigenvalue weighted by Crippen LogP contribution is -2.62. The Balaban J connectivity index is 2.24. The first kappa shape index (κ1) is 95.3. The quantitative estimate of drug-likeness (QED) is 0.0227. The monoisotopic (exact) mass is 1600 g/mol. The molecule has 42 heteroatoms. The molecular weight excluding hydrogens is 1490 g/mol. The summed E-state index contributed by atoms with van der Waals surface area (Å²) >= 11 is 0. The van der Waals surface area contributed by atoms with Crippen molar-refractivity contribution in [1.29, 1.82) is 0 Å². The molecule has 13 unspecified atom stereocenters. The Hall–Kier alpha value is -11.9. The molecule has 2 aromatic rings. The minimum Gasteiger partial charge on any atom is -0.481 e. The summed E-state index contributed by atoms with van der Waals surface area (Å²) < 4.78 is 5.75. The number of primary amides is 2. The van der Waals surface area contributed by atoms with Crippen molar-refractivity contribution in [1.82, 2.24) is 73.7 Å². The van der Waals surface area contributed by atoms with Crippen LogP contribution in [0.15, 0.2) is 30.5 Å². The van der Waals surface area contributed by atoms with Crippen LogP contribution < -0.4 is 81.0 Å². The van der Waals surface area contributed by atoms with Gasteiger partial charge in [0.1, 0.15) is 72.6 Å². The van der Waals surface area contributed by atoms with Crippen LogP contribution in [0.4, 0.5) is 0 Å². The van der Waals surface area contributed by atoms with Gasteiger partial charge < -0.3 is 116 Å². The number of rotatable bonds is 35. The van der Waals surface area contributed by atoms with E-state index < -0.39 is 261 Å². The number of carboxylic acids is 4. The summed E-state index contributed by atoms with van der Waals surface area (Å²) in [6.07, 6.45) is -3.66. The van der Waals surface area contributed by atoms with E-state index in [1.807, 2.05) is 5.32 Å². The molecule has 2 heterocycles. The second-order valence-corrected chi connectivity index (χ2v) is 28.3. The number of benzene rings is 1. The Morgan fingerprint density at radius 3 is 1.73 bits per heavy atom. The summed E-state index contributed by atoms with van der Waals surface area (Å²) in [5.41, 5.74) is 17.9. The zero-order chi connectivity index (χ0) is 85.1. The number of hydrogen-bond acceptors (Lipinski definition) is 22. The molecule has 23 N–H and O–H groups in total. The summed E-state index contributed by atoms with van der Waals surface area (Å²) in [6, 6.07) is -14.3. The Kier molecular flexibility index (Phi) is 39.9. The largest absolute Gasteiger partial charge is 0.481 e. The van der Waals surface area contributed by atoms with E-state index in [1.165, 1.54) is 13.8 Å². The molecule has 1 aromatic heterocycles. The Morgan fingerprint density at radius 1 is 0.558 bits per heavy atom. The van der Waals surface area contributed by atoms with E-state index in [4.69, 9.17) is 21.9 Å². The van der Waals surface area contributed by atoms with E-state index in [0.29, 0.717) is 40.1 Å². The lowest BCUT2D eigenvalue weighted by Gasteiger charge is -2.32. The molecule has 13 atom stereocenters. The molecule has 0 saturated carbocycles. The van der Waals surface area contributed by atoms with Crippen molar-refractivity contribution in [3.63, 3.8) is 0 Å². The topological polar surface area (TPSA) is 673 Å². The van der Waals surface area contributed by atoms with Crippen LogP contribution in [0.1, 0.15) is 157 Å². The average Bonchev–Trinajstić information content (AvgIpc) is 1.75. The molecule has 113 heavy (non-hydrogen) atoms. The summed E-state index contributed by atoms with van der Waals surface area (Å²) in [6.45, 7) is 7.84. The highest BCUT2D eigenvalue weighted by atomic mass is 16.5. The first-order chi connectivity index (χ1) is 53.0. The normalized spacial score (nSPS) is 21.6. The number of unbranched alkanes of at least 4 members (excludes halogenated alkanes) is 4.